The summed E-state index contributed by atoms with van der Waals surface area (Å²) in [4.78, 5) is 60.7. The van der Waals surface area contributed by atoms with Crippen LogP contribution in [0.5, 0.6) is 0 Å². The molecule has 1 aliphatic heterocycles. The van der Waals surface area contributed by atoms with Crippen LogP contribution in [0.4, 0.5) is 0 Å². The van der Waals surface area contributed by atoms with Gasteiger partial charge in [-0.05, 0) is 18.8 Å². The first-order valence-electron chi connectivity index (χ1n) is 9.28. The highest BCUT2D eigenvalue weighted by atomic mass is 16.4. The molecule has 1 fully saturated rings. The Kier molecular flexibility index (Phi) is 8.98. The lowest BCUT2D eigenvalue weighted by Crippen LogP contribution is -2.58. The number of amides is 4. The number of aliphatic carboxylic acids is 1. The van der Waals surface area contributed by atoms with E-state index in [1.54, 1.807) is 13.8 Å². The predicted octanol–water partition coefficient (Wildman–Crippen LogP) is -3.12. The molecule has 0 aliphatic carbocycles. The molecule has 29 heavy (non-hydrogen) atoms. The topological polar surface area (TPSA) is 205 Å². The maximum absolute atomic E-state index is 12.8. The van der Waals surface area contributed by atoms with E-state index in [9.17, 15) is 29.1 Å². The van der Waals surface area contributed by atoms with Crippen molar-refractivity contribution in [1.29, 1.82) is 0 Å². The van der Waals surface area contributed by atoms with Crippen LogP contribution in [0.15, 0.2) is 0 Å². The second-order valence-corrected chi connectivity index (χ2v) is 7.27. The number of carboxylic acids is 1. The summed E-state index contributed by atoms with van der Waals surface area (Å²) in [5, 5.41) is 23.2. The number of carbonyl (C=O) groups excluding carboxylic acids is 4. The van der Waals surface area contributed by atoms with Crippen molar-refractivity contribution >= 4 is 29.6 Å². The summed E-state index contributed by atoms with van der Waals surface area (Å²) in [5.41, 5.74) is 10.7. The zero-order valence-electron chi connectivity index (χ0n) is 16.5. The lowest BCUT2D eigenvalue weighted by atomic mass is 10.0. The number of likely N-dealkylation sites (tertiary alicyclic amines) is 1. The fourth-order valence-electron chi connectivity index (χ4n) is 2.93. The van der Waals surface area contributed by atoms with Crippen molar-refractivity contribution in [1.82, 2.24) is 15.5 Å². The third-order valence-corrected chi connectivity index (χ3v) is 4.68. The molecule has 0 aromatic rings. The van der Waals surface area contributed by atoms with Gasteiger partial charge in [0.15, 0.2) is 0 Å². The Morgan fingerprint density at radius 2 is 1.76 bits per heavy atom. The monoisotopic (exact) mass is 415 g/mol. The van der Waals surface area contributed by atoms with E-state index in [2.05, 4.69) is 10.6 Å². The number of carbonyl (C=O) groups is 5. The Bertz CT molecular complexity index is 654. The van der Waals surface area contributed by atoms with Crippen molar-refractivity contribution in [3.8, 4) is 0 Å². The van der Waals surface area contributed by atoms with Crippen LogP contribution in [0.3, 0.4) is 0 Å². The van der Waals surface area contributed by atoms with Gasteiger partial charge in [-0.1, -0.05) is 13.8 Å². The second-order valence-electron chi connectivity index (χ2n) is 7.27. The van der Waals surface area contributed by atoms with Gasteiger partial charge in [-0.3, -0.25) is 19.2 Å². The molecule has 1 heterocycles. The van der Waals surface area contributed by atoms with E-state index in [-0.39, 0.29) is 18.9 Å². The molecule has 4 amide bonds. The van der Waals surface area contributed by atoms with Crippen molar-refractivity contribution in [3.05, 3.63) is 0 Å². The minimum atomic E-state index is -1.52. The molecule has 12 heteroatoms. The SMILES string of the molecule is CC(C)C(N)C(=O)NC(CO)C(=O)N1CCCC1C(=O)NC(CC(N)=O)C(=O)O. The third kappa shape index (κ3) is 6.68. The Labute approximate surface area is 168 Å². The molecule has 0 bridgehead atoms. The highest BCUT2D eigenvalue weighted by Crippen LogP contribution is 2.19. The average Bonchev–Trinajstić information content (AvgIpc) is 3.13. The van der Waals surface area contributed by atoms with Gasteiger partial charge < -0.3 is 37.2 Å². The number of primary amides is 1. The van der Waals surface area contributed by atoms with Gasteiger partial charge in [-0.2, -0.15) is 0 Å². The van der Waals surface area contributed by atoms with Crippen molar-refractivity contribution < 1.29 is 34.2 Å². The fraction of sp³-hybridized carbons (Fsp3) is 0.706. The summed E-state index contributed by atoms with van der Waals surface area (Å²) in [6.45, 7) is 2.95. The number of carboxylic acid groups (broad SMARTS) is 1. The number of hydrogen-bond donors (Lipinski definition) is 6. The molecular formula is C17H29N5O7. The van der Waals surface area contributed by atoms with Crippen LogP contribution in [0, 0.1) is 5.92 Å². The van der Waals surface area contributed by atoms with E-state index in [0.717, 1.165) is 0 Å². The zero-order chi connectivity index (χ0) is 22.3. The molecule has 0 saturated carbocycles. The number of hydrogen-bond acceptors (Lipinski definition) is 7. The lowest BCUT2D eigenvalue weighted by molar-refractivity contribution is -0.146. The van der Waals surface area contributed by atoms with Crippen LogP contribution in [0.2, 0.25) is 0 Å². The summed E-state index contributed by atoms with van der Waals surface area (Å²) in [7, 11) is 0. The Hall–Kier alpha value is -2.73. The van der Waals surface area contributed by atoms with Crippen LogP contribution in [-0.4, -0.2) is 82.0 Å². The average molecular weight is 415 g/mol. The van der Waals surface area contributed by atoms with Gasteiger partial charge in [0.05, 0.1) is 19.1 Å². The molecular weight excluding hydrogens is 386 g/mol. The summed E-state index contributed by atoms with van der Waals surface area (Å²) in [5.74, 6) is -4.58. The van der Waals surface area contributed by atoms with Crippen molar-refractivity contribution in [2.75, 3.05) is 13.2 Å². The summed E-state index contributed by atoms with van der Waals surface area (Å²) < 4.78 is 0. The van der Waals surface area contributed by atoms with E-state index >= 15 is 0 Å². The molecule has 0 aromatic heterocycles. The zero-order valence-corrected chi connectivity index (χ0v) is 16.5. The molecule has 1 saturated heterocycles. The Balaban J connectivity index is 2.86. The van der Waals surface area contributed by atoms with Crippen LogP contribution in [0.25, 0.3) is 0 Å². The largest absolute Gasteiger partial charge is 0.480 e. The Morgan fingerprint density at radius 1 is 1.14 bits per heavy atom. The number of nitrogens with one attached hydrogen (secondary N) is 2. The number of rotatable bonds is 10. The molecule has 164 valence electrons. The summed E-state index contributed by atoms with van der Waals surface area (Å²) >= 11 is 0. The van der Waals surface area contributed by atoms with E-state index in [4.69, 9.17) is 16.6 Å². The van der Waals surface area contributed by atoms with Gasteiger partial charge >= 0.3 is 5.97 Å². The maximum atomic E-state index is 12.8. The first-order valence-corrected chi connectivity index (χ1v) is 9.28. The molecule has 0 spiro atoms. The second kappa shape index (κ2) is 10.7. The molecule has 4 atom stereocenters. The van der Waals surface area contributed by atoms with Gasteiger partial charge in [0.1, 0.15) is 18.1 Å². The quantitative estimate of drug-likeness (QED) is 0.215. The van der Waals surface area contributed by atoms with Gasteiger partial charge in [0.2, 0.25) is 23.6 Å². The molecule has 4 unspecified atom stereocenters. The molecule has 0 aromatic carbocycles. The van der Waals surface area contributed by atoms with Crippen LogP contribution in [0.1, 0.15) is 33.1 Å². The predicted molar refractivity (Wildman–Crippen MR) is 99.9 cm³/mol. The molecule has 1 aliphatic rings. The lowest BCUT2D eigenvalue weighted by Gasteiger charge is -2.29. The number of aliphatic hydroxyl groups excluding tert-OH is 1. The Morgan fingerprint density at radius 3 is 2.24 bits per heavy atom. The number of nitrogens with zero attached hydrogens (tertiary/aromatic N) is 1. The van der Waals surface area contributed by atoms with Crippen molar-refractivity contribution in [2.24, 2.45) is 17.4 Å². The highest BCUT2D eigenvalue weighted by molar-refractivity contribution is 5.95. The first-order chi connectivity index (χ1) is 13.5. The number of aliphatic hydroxyl groups is 1. The van der Waals surface area contributed by atoms with Crippen LogP contribution in [-0.2, 0) is 24.0 Å². The number of nitrogens with two attached hydrogens (primary N) is 2. The molecule has 1 rings (SSSR count). The first kappa shape index (κ1) is 24.3. The van der Waals surface area contributed by atoms with E-state index in [1.165, 1.54) is 4.90 Å². The van der Waals surface area contributed by atoms with Crippen LogP contribution >= 0.6 is 0 Å². The molecule has 12 nitrogen and oxygen atoms in total. The third-order valence-electron chi connectivity index (χ3n) is 4.68. The standard InChI is InChI=1S/C17H29N5O7/c1-8(2)13(19)15(26)21-10(7-23)16(27)22-5-3-4-11(22)14(25)20-9(17(28)29)6-12(18)24/h8-11,13,23H,3-7,19H2,1-2H3,(H2,18,24)(H,20,25)(H,21,26)(H,28,29). The molecule has 0 radical (unpaired) electrons. The van der Waals surface area contributed by atoms with E-state index in [1.807, 2.05) is 0 Å². The van der Waals surface area contributed by atoms with Gasteiger partial charge in [0.25, 0.3) is 0 Å². The smallest absolute Gasteiger partial charge is 0.326 e. The normalized spacial score (nSPS) is 19.3. The van der Waals surface area contributed by atoms with E-state index in [0.29, 0.717) is 6.42 Å². The molecule has 8 N–H and O–H groups in total. The fourth-order valence-corrected chi connectivity index (χ4v) is 2.93. The minimum Gasteiger partial charge on any atom is -0.480 e. The van der Waals surface area contributed by atoms with Gasteiger partial charge in [0, 0.05) is 6.54 Å². The van der Waals surface area contributed by atoms with E-state index < -0.39 is 66.8 Å². The van der Waals surface area contributed by atoms with Gasteiger partial charge in [-0.25, -0.2) is 4.79 Å². The summed E-state index contributed by atoms with van der Waals surface area (Å²) in [6, 6.07) is -4.68. The highest BCUT2D eigenvalue weighted by Gasteiger charge is 2.39. The van der Waals surface area contributed by atoms with Crippen molar-refractivity contribution in [2.45, 2.75) is 57.3 Å². The van der Waals surface area contributed by atoms with Crippen molar-refractivity contribution in [3.63, 3.8) is 0 Å². The maximum Gasteiger partial charge on any atom is 0.326 e. The minimum absolute atomic E-state index is 0.187. The summed E-state index contributed by atoms with van der Waals surface area (Å²) in [6.07, 6.45) is 0.136. The van der Waals surface area contributed by atoms with Crippen LogP contribution < -0.4 is 22.1 Å². The van der Waals surface area contributed by atoms with Gasteiger partial charge in [-0.15, -0.1) is 0 Å².